The third-order valence-corrected chi connectivity index (χ3v) is 9.38. The summed E-state index contributed by atoms with van der Waals surface area (Å²) in [5.41, 5.74) is 10.3. The lowest BCUT2D eigenvalue weighted by molar-refractivity contribution is 0.669. The Balaban J connectivity index is 1.21. The number of hydrogen-bond donors (Lipinski definition) is 0. The molecule has 0 N–H and O–H groups in total. The zero-order chi connectivity index (χ0) is 33.0. The fraction of sp³-hybridized carbons (Fsp3) is 0. The van der Waals surface area contributed by atoms with E-state index in [4.69, 9.17) is 23.8 Å². The Labute approximate surface area is 287 Å². The average Bonchev–Trinajstić information content (AvgIpc) is 3.77. The molecule has 0 radical (unpaired) electrons. The van der Waals surface area contributed by atoms with Crippen LogP contribution >= 0.6 is 0 Å². The first-order chi connectivity index (χ1) is 24.8. The van der Waals surface area contributed by atoms with Crippen LogP contribution in [0.4, 0.5) is 0 Å². The molecule has 3 heterocycles. The van der Waals surface area contributed by atoms with Crippen LogP contribution in [0.25, 0.3) is 100 Å². The Morgan fingerprint density at radius 1 is 0.300 bits per heavy atom. The summed E-state index contributed by atoms with van der Waals surface area (Å²) in [6.45, 7) is 0. The van der Waals surface area contributed by atoms with Gasteiger partial charge >= 0.3 is 0 Å². The predicted molar refractivity (Wildman–Crippen MR) is 202 cm³/mol. The van der Waals surface area contributed by atoms with Crippen molar-refractivity contribution in [2.24, 2.45) is 0 Å². The van der Waals surface area contributed by atoms with Crippen LogP contribution in [0.2, 0.25) is 0 Å². The Morgan fingerprint density at radius 2 is 0.800 bits per heavy atom. The van der Waals surface area contributed by atoms with Crippen molar-refractivity contribution in [2.45, 2.75) is 0 Å². The number of hydrogen-bond acceptors (Lipinski definition) is 5. The first kappa shape index (κ1) is 28.2. The average molecular weight is 642 g/mol. The minimum Gasteiger partial charge on any atom is -0.456 e. The van der Waals surface area contributed by atoms with E-state index in [1.807, 2.05) is 84.9 Å². The van der Waals surface area contributed by atoms with E-state index in [1.54, 1.807) is 0 Å². The van der Waals surface area contributed by atoms with Crippen LogP contribution in [-0.4, -0.2) is 15.0 Å². The molecule has 234 valence electrons. The van der Waals surface area contributed by atoms with E-state index in [9.17, 15) is 0 Å². The molecule has 10 rings (SSSR count). The van der Waals surface area contributed by atoms with Crippen LogP contribution in [0.15, 0.2) is 173 Å². The Morgan fingerprint density at radius 3 is 1.52 bits per heavy atom. The number of furan rings is 2. The highest BCUT2D eigenvalue weighted by Crippen LogP contribution is 2.42. The highest BCUT2D eigenvalue weighted by Gasteiger charge is 2.22. The van der Waals surface area contributed by atoms with Crippen LogP contribution < -0.4 is 0 Å². The maximum absolute atomic E-state index is 6.66. The molecule has 0 amide bonds. The third kappa shape index (κ3) is 4.60. The van der Waals surface area contributed by atoms with Crippen molar-refractivity contribution in [1.29, 1.82) is 0 Å². The third-order valence-electron chi connectivity index (χ3n) is 9.38. The number of benzene rings is 7. The van der Waals surface area contributed by atoms with Gasteiger partial charge in [0.15, 0.2) is 17.5 Å². The quantitative estimate of drug-likeness (QED) is 0.187. The second-order valence-electron chi connectivity index (χ2n) is 12.4. The highest BCUT2D eigenvalue weighted by atomic mass is 16.3. The molecular weight excluding hydrogens is 615 g/mol. The zero-order valence-electron chi connectivity index (χ0n) is 26.7. The van der Waals surface area contributed by atoms with E-state index in [-0.39, 0.29) is 0 Å². The fourth-order valence-corrected chi connectivity index (χ4v) is 7.01. The van der Waals surface area contributed by atoms with Crippen molar-refractivity contribution < 1.29 is 8.83 Å². The summed E-state index contributed by atoms with van der Waals surface area (Å²) in [5, 5.41) is 3.97. The lowest BCUT2D eigenvalue weighted by Gasteiger charge is -2.11. The molecule has 5 nitrogen and oxygen atoms in total. The molecule has 0 aliphatic heterocycles. The Kier molecular flexibility index (Phi) is 6.42. The number of aromatic nitrogens is 3. The van der Waals surface area contributed by atoms with Gasteiger partial charge in [-0.3, -0.25) is 0 Å². The van der Waals surface area contributed by atoms with Gasteiger partial charge in [0, 0.05) is 43.8 Å². The zero-order valence-corrected chi connectivity index (χ0v) is 26.7. The van der Waals surface area contributed by atoms with Gasteiger partial charge < -0.3 is 8.83 Å². The summed E-state index contributed by atoms with van der Waals surface area (Å²) >= 11 is 0. The summed E-state index contributed by atoms with van der Waals surface area (Å²) < 4.78 is 12.9. The molecule has 7 aromatic carbocycles. The first-order valence-corrected chi connectivity index (χ1v) is 16.6. The minimum atomic E-state index is 0.571. The van der Waals surface area contributed by atoms with Gasteiger partial charge in [-0.25, -0.2) is 15.0 Å². The van der Waals surface area contributed by atoms with Crippen molar-refractivity contribution >= 4 is 43.9 Å². The van der Waals surface area contributed by atoms with Crippen LogP contribution in [0.3, 0.4) is 0 Å². The van der Waals surface area contributed by atoms with Crippen LogP contribution in [0.1, 0.15) is 0 Å². The van der Waals surface area contributed by atoms with E-state index in [2.05, 4.69) is 78.9 Å². The van der Waals surface area contributed by atoms with Crippen molar-refractivity contribution in [3.8, 4) is 56.4 Å². The minimum absolute atomic E-state index is 0.571. The Bertz CT molecular complexity index is 2850. The van der Waals surface area contributed by atoms with Gasteiger partial charge in [0.05, 0.1) is 0 Å². The molecular formula is C45H27N3O2. The van der Waals surface area contributed by atoms with Gasteiger partial charge in [0.1, 0.15) is 22.3 Å². The highest BCUT2D eigenvalue weighted by molar-refractivity contribution is 6.16. The fourth-order valence-electron chi connectivity index (χ4n) is 7.01. The molecule has 0 aliphatic rings. The number of fused-ring (bicyclic) bond motifs is 6. The molecule has 0 saturated carbocycles. The number of rotatable bonds is 5. The number of para-hydroxylation sites is 2. The van der Waals surface area contributed by atoms with E-state index in [0.717, 1.165) is 71.7 Å². The van der Waals surface area contributed by atoms with Gasteiger partial charge in [-0.1, -0.05) is 133 Å². The summed E-state index contributed by atoms with van der Waals surface area (Å²) in [4.78, 5) is 15.4. The summed E-state index contributed by atoms with van der Waals surface area (Å²) in [6, 6.07) is 55.7. The normalized spacial score (nSPS) is 11.6. The van der Waals surface area contributed by atoms with Gasteiger partial charge in [0.25, 0.3) is 0 Å². The van der Waals surface area contributed by atoms with E-state index < -0.39 is 0 Å². The van der Waals surface area contributed by atoms with Gasteiger partial charge in [-0.2, -0.15) is 0 Å². The largest absolute Gasteiger partial charge is 0.456 e. The molecule has 10 aromatic rings. The predicted octanol–water partition coefficient (Wildman–Crippen LogP) is 12.0. The molecule has 5 heteroatoms. The molecule has 0 bridgehead atoms. The van der Waals surface area contributed by atoms with E-state index in [0.29, 0.717) is 17.5 Å². The lowest BCUT2D eigenvalue weighted by atomic mass is 9.96. The number of nitrogens with zero attached hydrogens (tertiary/aromatic N) is 3. The topological polar surface area (TPSA) is 65.0 Å². The van der Waals surface area contributed by atoms with Gasteiger partial charge in [-0.15, -0.1) is 0 Å². The molecule has 3 aromatic heterocycles. The molecule has 0 saturated heterocycles. The Hall–Kier alpha value is -6.85. The smallest absolute Gasteiger partial charge is 0.164 e. The van der Waals surface area contributed by atoms with Crippen molar-refractivity contribution in [3.05, 3.63) is 164 Å². The van der Waals surface area contributed by atoms with Crippen LogP contribution in [-0.2, 0) is 0 Å². The van der Waals surface area contributed by atoms with Crippen LogP contribution in [0, 0.1) is 0 Å². The monoisotopic (exact) mass is 641 g/mol. The van der Waals surface area contributed by atoms with Crippen LogP contribution in [0.5, 0.6) is 0 Å². The second-order valence-corrected chi connectivity index (χ2v) is 12.4. The van der Waals surface area contributed by atoms with Gasteiger partial charge in [-0.05, 0) is 47.0 Å². The van der Waals surface area contributed by atoms with Crippen molar-refractivity contribution in [1.82, 2.24) is 15.0 Å². The standard InChI is InChI=1S/C45H27N3O2/c1-3-12-28(13-4-1)29-22-24-30(25-23-29)32-26-27-36(41-34-17-8-10-20-38(34)50-42(32)41)45-47-43(31-14-5-2-6-15-31)46-44(48-45)35-18-11-21-39-40(35)33-16-7-9-19-37(33)49-39/h1-27H. The molecule has 0 fully saturated rings. The maximum Gasteiger partial charge on any atom is 0.164 e. The SMILES string of the molecule is c1ccc(-c2ccc(-c3ccc(-c4nc(-c5ccccc5)nc(-c5cccc6oc7ccccc7c56)n4)c4c3oc3ccccc34)cc2)cc1. The molecule has 0 atom stereocenters. The summed E-state index contributed by atoms with van der Waals surface area (Å²) in [7, 11) is 0. The van der Waals surface area contributed by atoms with E-state index >= 15 is 0 Å². The summed E-state index contributed by atoms with van der Waals surface area (Å²) in [5.74, 6) is 1.74. The van der Waals surface area contributed by atoms with Crippen molar-refractivity contribution in [2.75, 3.05) is 0 Å². The first-order valence-electron chi connectivity index (χ1n) is 16.6. The molecule has 0 spiro atoms. The lowest BCUT2D eigenvalue weighted by Crippen LogP contribution is -2.01. The molecule has 0 aliphatic carbocycles. The summed E-state index contributed by atoms with van der Waals surface area (Å²) in [6.07, 6.45) is 0. The van der Waals surface area contributed by atoms with E-state index in [1.165, 1.54) is 11.1 Å². The second kappa shape index (κ2) is 11.4. The van der Waals surface area contributed by atoms with Crippen molar-refractivity contribution in [3.63, 3.8) is 0 Å². The molecule has 0 unspecified atom stereocenters. The maximum atomic E-state index is 6.66. The molecule has 50 heavy (non-hydrogen) atoms. The van der Waals surface area contributed by atoms with Gasteiger partial charge in [0.2, 0.25) is 0 Å².